The molecule has 0 saturated carbocycles. The summed E-state index contributed by atoms with van der Waals surface area (Å²) >= 11 is 0. The van der Waals surface area contributed by atoms with E-state index in [2.05, 4.69) is 47.4 Å². The number of ether oxygens (including phenoxy) is 1. The smallest absolute Gasteiger partial charge is 0.208 e. The third kappa shape index (κ3) is 4.06. The van der Waals surface area contributed by atoms with E-state index in [-0.39, 0.29) is 48.4 Å². The lowest BCUT2D eigenvalue weighted by Gasteiger charge is -2.29. The number of hydrogen-bond donors (Lipinski definition) is 4. The maximum atomic E-state index is 10.4. The molecule has 34 heavy (non-hydrogen) atoms. The molecule has 10 nitrogen and oxygen atoms in total. The number of fused-ring (bicyclic) bond motifs is 1. The van der Waals surface area contributed by atoms with Crippen molar-refractivity contribution in [3.05, 3.63) is 28.9 Å². The molecule has 4 N–H and O–H groups in total. The molecule has 1 saturated heterocycles. The fourth-order valence-electron chi connectivity index (χ4n) is 4.60. The lowest BCUT2D eigenvalue weighted by molar-refractivity contribution is 0.265. The van der Waals surface area contributed by atoms with E-state index in [1.165, 1.54) is 7.11 Å². The van der Waals surface area contributed by atoms with Crippen molar-refractivity contribution >= 4 is 17.0 Å². The minimum Gasteiger partial charge on any atom is -0.504 e. The largest absolute Gasteiger partial charge is 0.504 e. The Bertz CT molecular complexity index is 1250. The second-order valence-corrected chi connectivity index (χ2v) is 9.30. The molecule has 10 heteroatoms. The number of methoxy groups -OCH3 is 1. The average Bonchev–Trinajstić information content (AvgIpc) is 3.46. The number of nitrogens with one attached hydrogen (secondary N) is 1. The maximum absolute atomic E-state index is 10.4. The first-order valence-electron chi connectivity index (χ1n) is 11.7. The minimum atomic E-state index is -0.315. The van der Waals surface area contributed by atoms with Gasteiger partial charge < -0.3 is 29.5 Å². The molecule has 1 atom stereocenters. The van der Waals surface area contributed by atoms with Crippen molar-refractivity contribution in [1.29, 1.82) is 0 Å². The highest BCUT2D eigenvalue weighted by atomic mass is 16.5. The van der Waals surface area contributed by atoms with Crippen LogP contribution in [-0.2, 0) is 6.54 Å². The number of rotatable bonds is 7. The molecule has 184 valence electrons. The number of aliphatic hydroxyl groups is 1. The van der Waals surface area contributed by atoms with Gasteiger partial charge in [-0.2, -0.15) is 10.1 Å². The summed E-state index contributed by atoms with van der Waals surface area (Å²) in [7, 11) is 1.43. The summed E-state index contributed by atoms with van der Waals surface area (Å²) in [5, 5.41) is 38.3. The number of phenols is 2. The van der Waals surface area contributed by atoms with Crippen molar-refractivity contribution in [2.75, 3.05) is 25.2 Å². The first-order valence-corrected chi connectivity index (χ1v) is 11.7. The Hall–Kier alpha value is -3.27. The number of aromatic amines is 1. The molecule has 0 radical (unpaired) electrons. The van der Waals surface area contributed by atoms with Crippen molar-refractivity contribution in [3.63, 3.8) is 0 Å². The number of nitrogens with zero attached hydrogens (tertiary/aromatic N) is 5. The van der Waals surface area contributed by atoms with Crippen molar-refractivity contribution < 1.29 is 20.1 Å². The highest BCUT2D eigenvalue weighted by Crippen LogP contribution is 2.38. The number of phenolic OH excluding ortho intramolecular Hbond substituents is 2. The number of hydrogen-bond acceptors (Lipinski definition) is 8. The lowest BCUT2D eigenvalue weighted by Crippen LogP contribution is -2.37. The van der Waals surface area contributed by atoms with Crippen LogP contribution < -0.4 is 15.1 Å². The van der Waals surface area contributed by atoms with Gasteiger partial charge in [-0.15, -0.1) is 0 Å². The summed E-state index contributed by atoms with van der Waals surface area (Å²) in [6.07, 6.45) is 1.89. The van der Waals surface area contributed by atoms with E-state index >= 15 is 0 Å². The standard InChI is InChI=1S/C24H34N6O4/c1-13(2)18-20-19(28-27-18)23(25-11-15-8-9-17(34-5)22(33)21(15)32)26-24(30(20)14(3)4)29-10-6-7-16(29)12-31/h8-9,13-14,16,31-33H,6-7,10-12H2,1-5H3,(H,27,28). The topological polar surface area (TPSA) is 132 Å². The van der Waals surface area contributed by atoms with Gasteiger partial charge in [0.05, 0.1) is 37.5 Å². The predicted octanol–water partition coefficient (Wildman–Crippen LogP) is 2.95. The molecule has 0 aliphatic carbocycles. The monoisotopic (exact) mass is 470 g/mol. The van der Waals surface area contributed by atoms with E-state index in [9.17, 15) is 15.3 Å². The first kappa shape index (κ1) is 23.9. The second kappa shape index (κ2) is 9.54. The summed E-state index contributed by atoms with van der Waals surface area (Å²) in [6, 6.07) is 3.36. The van der Waals surface area contributed by atoms with E-state index in [1.54, 1.807) is 12.1 Å². The van der Waals surface area contributed by atoms with E-state index in [0.29, 0.717) is 16.6 Å². The molecule has 3 heterocycles. The van der Waals surface area contributed by atoms with Crippen LogP contribution in [0.1, 0.15) is 63.8 Å². The number of aromatic nitrogens is 4. The molecule has 0 spiro atoms. The van der Waals surface area contributed by atoms with Crippen LogP contribution >= 0.6 is 0 Å². The SMILES string of the molecule is COc1ccc(CN=c2nc(N3CCCC3CO)n(C(C)C)c3c(C(C)C)[nH]nc23)c(O)c1O. The predicted molar refractivity (Wildman–Crippen MR) is 129 cm³/mol. The van der Waals surface area contributed by atoms with Crippen molar-refractivity contribution in [2.24, 2.45) is 4.99 Å². The summed E-state index contributed by atoms with van der Waals surface area (Å²) in [4.78, 5) is 11.8. The van der Waals surface area contributed by atoms with Gasteiger partial charge in [0.15, 0.2) is 22.5 Å². The molecule has 0 amide bonds. The van der Waals surface area contributed by atoms with Crippen LogP contribution in [0.15, 0.2) is 17.1 Å². The zero-order chi connectivity index (χ0) is 24.6. The van der Waals surface area contributed by atoms with E-state index in [1.807, 2.05) is 0 Å². The molecule has 4 rings (SSSR count). The molecule has 1 aliphatic rings. The molecule has 1 aromatic carbocycles. The van der Waals surface area contributed by atoms with Gasteiger partial charge in [0.25, 0.3) is 0 Å². The number of H-pyrrole nitrogens is 1. The zero-order valence-electron chi connectivity index (χ0n) is 20.4. The fraction of sp³-hybridized carbons (Fsp3) is 0.542. The van der Waals surface area contributed by atoms with Crippen LogP contribution in [0.5, 0.6) is 17.2 Å². The van der Waals surface area contributed by atoms with Crippen molar-refractivity contribution in [3.8, 4) is 17.2 Å². The van der Waals surface area contributed by atoms with Gasteiger partial charge in [0, 0.05) is 18.2 Å². The Kier molecular flexibility index (Phi) is 6.70. The van der Waals surface area contributed by atoms with Gasteiger partial charge in [-0.25, -0.2) is 0 Å². The van der Waals surface area contributed by atoms with Crippen molar-refractivity contribution in [1.82, 2.24) is 19.7 Å². The van der Waals surface area contributed by atoms with Crippen LogP contribution in [0.4, 0.5) is 5.95 Å². The lowest BCUT2D eigenvalue weighted by atomic mass is 10.1. The second-order valence-electron chi connectivity index (χ2n) is 9.30. The Morgan fingerprint density at radius 1 is 1.21 bits per heavy atom. The Morgan fingerprint density at radius 3 is 2.62 bits per heavy atom. The molecular weight excluding hydrogens is 436 g/mol. The van der Waals surface area contributed by atoms with Crippen LogP contribution in [0.3, 0.4) is 0 Å². The van der Waals surface area contributed by atoms with Crippen LogP contribution in [0.25, 0.3) is 11.0 Å². The number of aliphatic hydroxyl groups excluding tert-OH is 1. The van der Waals surface area contributed by atoms with E-state index < -0.39 is 0 Å². The summed E-state index contributed by atoms with van der Waals surface area (Å²) in [5.74, 6) is 0.567. The number of benzene rings is 1. The highest BCUT2D eigenvalue weighted by Gasteiger charge is 2.30. The Balaban J connectivity index is 1.94. The molecule has 1 fully saturated rings. The van der Waals surface area contributed by atoms with Gasteiger partial charge >= 0.3 is 0 Å². The normalized spacial score (nSPS) is 17.0. The maximum Gasteiger partial charge on any atom is 0.208 e. The van der Waals surface area contributed by atoms with Gasteiger partial charge in [0.1, 0.15) is 0 Å². The minimum absolute atomic E-state index is 0.000203. The molecule has 0 bridgehead atoms. The summed E-state index contributed by atoms with van der Waals surface area (Å²) in [5.41, 5.74) is 3.48. The number of anilines is 1. The average molecular weight is 471 g/mol. The van der Waals surface area contributed by atoms with Crippen LogP contribution in [-0.4, -0.2) is 61.4 Å². The van der Waals surface area contributed by atoms with Crippen molar-refractivity contribution in [2.45, 2.75) is 65.1 Å². The van der Waals surface area contributed by atoms with Crippen LogP contribution in [0, 0.1) is 0 Å². The molecular formula is C24H34N6O4. The third-order valence-corrected chi connectivity index (χ3v) is 6.40. The quantitative estimate of drug-likeness (QED) is 0.390. The van der Waals surface area contributed by atoms with Gasteiger partial charge in [-0.1, -0.05) is 13.8 Å². The first-order chi connectivity index (χ1) is 16.3. The van der Waals surface area contributed by atoms with E-state index in [4.69, 9.17) is 14.7 Å². The molecule has 3 aromatic rings. The molecule has 2 aromatic heterocycles. The summed E-state index contributed by atoms with van der Waals surface area (Å²) < 4.78 is 7.24. The van der Waals surface area contributed by atoms with E-state index in [0.717, 1.165) is 36.5 Å². The van der Waals surface area contributed by atoms with Crippen LogP contribution in [0.2, 0.25) is 0 Å². The molecule has 1 unspecified atom stereocenters. The Labute approximate surface area is 198 Å². The van der Waals surface area contributed by atoms with Gasteiger partial charge in [-0.05, 0) is 44.7 Å². The third-order valence-electron chi connectivity index (χ3n) is 6.40. The number of aromatic hydroxyl groups is 2. The zero-order valence-corrected chi connectivity index (χ0v) is 20.4. The highest BCUT2D eigenvalue weighted by molar-refractivity contribution is 5.79. The van der Waals surface area contributed by atoms with Gasteiger partial charge in [0.2, 0.25) is 11.7 Å². The summed E-state index contributed by atoms with van der Waals surface area (Å²) in [6.45, 7) is 9.41. The Morgan fingerprint density at radius 2 is 1.97 bits per heavy atom. The molecule has 1 aliphatic heterocycles. The van der Waals surface area contributed by atoms with Gasteiger partial charge in [-0.3, -0.25) is 10.1 Å². The fourth-order valence-corrected chi connectivity index (χ4v) is 4.60.